The highest BCUT2D eigenvalue weighted by molar-refractivity contribution is 7.11. The summed E-state index contributed by atoms with van der Waals surface area (Å²) in [6.45, 7) is 3.54. The number of aromatic nitrogens is 1. The molecule has 0 aliphatic carbocycles. The molecule has 3 aromatic rings. The number of aryl methyl sites for hydroxylation is 1. The number of hydrogen-bond donors (Lipinski definition) is 1. The summed E-state index contributed by atoms with van der Waals surface area (Å²) in [5, 5.41) is 12.1. The highest BCUT2D eigenvalue weighted by Crippen LogP contribution is 2.37. The summed E-state index contributed by atoms with van der Waals surface area (Å²) in [5.41, 5.74) is 0.570. The van der Waals surface area contributed by atoms with Crippen molar-refractivity contribution in [3.05, 3.63) is 81.8 Å². The van der Waals surface area contributed by atoms with Crippen LogP contribution in [0.5, 0.6) is 5.75 Å². The molecule has 0 saturated carbocycles. The number of amides is 1. The van der Waals surface area contributed by atoms with Crippen LogP contribution in [0.4, 0.5) is 0 Å². The topological polar surface area (TPSA) is 62.7 Å². The van der Waals surface area contributed by atoms with Gasteiger partial charge in [-0.15, -0.1) is 11.3 Å². The summed E-state index contributed by atoms with van der Waals surface area (Å²) < 4.78 is 5.86. The molecule has 0 radical (unpaired) electrons. The van der Waals surface area contributed by atoms with Crippen LogP contribution in [0, 0.1) is 6.92 Å². The van der Waals surface area contributed by atoms with Gasteiger partial charge in [-0.25, -0.2) is 4.98 Å². The minimum absolute atomic E-state index is 0.0205. The fourth-order valence-corrected chi connectivity index (χ4v) is 4.85. The predicted molar refractivity (Wildman–Crippen MR) is 118 cm³/mol. The average molecular weight is 423 g/mol. The lowest BCUT2D eigenvalue weighted by Crippen LogP contribution is -2.33. The molecule has 0 bridgehead atoms. The number of ether oxygens (including phenoxy) is 1. The minimum atomic E-state index is -1.01. The van der Waals surface area contributed by atoms with Crippen molar-refractivity contribution in [1.29, 1.82) is 0 Å². The van der Waals surface area contributed by atoms with Crippen molar-refractivity contribution in [2.75, 3.05) is 13.1 Å². The molecule has 30 heavy (non-hydrogen) atoms. The number of thiazole rings is 1. The molecular weight excluding hydrogens is 396 g/mol. The Labute approximate surface area is 181 Å². The van der Waals surface area contributed by atoms with E-state index in [1.54, 1.807) is 0 Å². The lowest BCUT2D eigenvalue weighted by atomic mass is 9.96. The van der Waals surface area contributed by atoms with E-state index in [0.29, 0.717) is 38.1 Å². The molecule has 6 heteroatoms. The van der Waals surface area contributed by atoms with Crippen LogP contribution < -0.4 is 4.74 Å². The molecule has 1 N–H and O–H groups in total. The Hall–Kier alpha value is -2.70. The maximum absolute atomic E-state index is 12.8. The zero-order chi connectivity index (χ0) is 21.0. The number of rotatable bonds is 5. The largest absolute Gasteiger partial charge is 0.488 e. The Balaban J connectivity index is 1.44. The highest BCUT2D eigenvalue weighted by Gasteiger charge is 2.36. The third kappa shape index (κ3) is 4.55. The van der Waals surface area contributed by atoms with Crippen LogP contribution in [0.15, 0.2) is 60.7 Å². The predicted octanol–water partition coefficient (Wildman–Crippen LogP) is 4.54. The third-order valence-corrected chi connectivity index (χ3v) is 6.85. The second kappa shape index (κ2) is 8.98. The van der Waals surface area contributed by atoms with Crippen molar-refractivity contribution in [2.24, 2.45) is 0 Å². The van der Waals surface area contributed by atoms with Crippen LogP contribution in [0.2, 0.25) is 0 Å². The smallest absolute Gasteiger partial charge is 0.253 e. The lowest BCUT2D eigenvalue weighted by molar-refractivity contribution is 0.0209. The van der Waals surface area contributed by atoms with Crippen LogP contribution in [0.1, 0.15) is 45.2 Å². The van der Waals surface area contributed by atoms with Gasteiger partial charge in [-0.1, -0.05) is 36.4 Å². The van der Waals surface area contributed by atoms with Crippen molar-refractivity contribution < 1.29 is 14.6 Å². The van der Waals surface area contributed by atoms with Gasteiger partial charge in [0.05, 0.1) is 10.6 Å². The van der Waals surface area contributed by atoms with Gasteiger partial charge in [0.15, 0.2) is 0 Å². The average Bonchev–Trinajstić information content (AvgIpc) is 3.04. The summed E-state index contributed by atoms with van der Waals surface area (Å²) >= 11 is 1.51. The first-order valence-electron chi connectivity index (χ1n) is 10.3. The van der Waals surface area contributed by atoms with Gasteiger partial charge in [0.2, 0.25) is 0 Å². The Morgan fingerprint density at radius 3 is 2.53 bits per heavy atom. The molecule has 1 aliphatic heterocycles. The maximum atomic E-state index is 12.8. The quantitative estimate of drug-likeness (QED) is 0.656. The van der Waals surface area contributed by atoms with Gasteiger partial charge >= 0.3 is 0 Å². The first-order chi connectivity index (χ1) is 14.5. The Morgan fingerprint density at radius 1 is 1.10 bits per heavy atom. The van der Waals surface area contributed by atoms with Gasteiger partial charge in [-0.3, -0.25) is 4.79 Å². The summed E-state index contributed by atoms with van der Waals surface area (Å²) in [7, 11) is 0. The van der Waals surface area contributed by atoms with Crippen molar-refractivity contribution in [1.82, 2.24) is 9.88 Å². The monoisotopic (exact) mass is 422 g/mol. The highest BCUT2D eigenvalue weighted by atomic mass is 32.1. The van der Waals surface area contributed by atoms with Crippen molar-refractivity contribution >= 4 is 17.2 Å². The third-order valence-electron chi connectivity index (χ3n) is 5.53. The molecule has 4 rings (SSSR count). The van der Waals surface area contributed by atoms with Crippen molar-refractivity contribution in [2.45, 2.75) is 38.4 Å². The number of hydrogen-bond acceptors (Lipinski definition) is 5. The summed E-state index contributed by atoms with van der Waals surface area (Å²) in [6.07, 6.45) is 1.82. The lowest BCUT2D eigenvalue weighted by Gasteiger charge is -2.25. The van der Waals surface area contributed by atoms with Crippen molar-refractivity contribution in [3.63, 3.8) is 0 Å². The Kier molecular flexibility index (Phi) is 6.16. The van der Waals surface area contributed by atoms with Gasteiger partial charge < -0.3 is 14.7 Å². The molecule has 2 heterocycles. The molecule has 1 aliphatic rings. The molecule has 1 amide bonds. The molecule has 1 fully saturated rings. The molecule has 0 spiro atoms. The summed E-state index contributed by atoms with van der Waals surface area (Å²) in [4.78, 5) is 20.3. The van der Waals surface area contributed by atoms with Gasteiger partial charge in [0.25, 0.3) is 5.91 Å². The van der Waals surface area contributed by atoms with E-state index in [1.165, 1.54) is 11.3 Å². The number of carbonyl (C=O) groups excluding carboxylic acids is 1. The van der Waals surface area contributed by atoms with Crippen LogP contribution in [-0.4, -0.2) is 34.0 Å². The molecule has 0 unspecified atom stereocenters. The van der Waals surface area contributed by atoms with Crippen LogP contribution in [0.25, 0.3) is 0 Å². The maximum Gasteiger partial charge on any atom is 0.253 e. The SMILES string of the molecule is Cc1nc([C@]2(O)CCCN(C(=O)c3ccccc3)CC2)sc1COc1ccccc1. The van der Waals surface area contributed by atoms with E-state index in [2.05, 4.69) is 4.98 Å². The number of benzene rings is 2. The molecule has 5 nitrogen and oxygen atoms in total. The fraction of sp³-hybridized carbons (Fsp3) is 0.333. The fourth-order valence-electron chi connectivity index (χ4n) is 3.73. The number of likely N-dealkylation sites (tertiary alicyclic amines) is 1. The van der Waals surface area contributed by atoms with Crippen LogP contribution >= 0.6 is 11.3 Å². The van der Waals surface area contributed by atoms with Gasteiger partial charge in [0, 0.05) is 25.1 Å². The first-order valence-corrected chi connectivity index (χ1v) is 11.1. The molecule has 1 aromatic heterocycles. The van der Waals surface area contributed by atoms with E-state index < -0.39 is 5.60 Å². The molecule has 1 atom stereocenters. The Bertz CT molecular complexity index is 990. The number of nitrogens with zero attached hydrogens (tertiary/aromatic N) is 2. The van der Waals surface area contributed by atoms with Crippen LogP contribution in [-0.2, 0) is 12.2 Å². The van der Waals surface area contributed by atoms with Gasteiger partial charge in [0.1, 0.15) is 23.0 Å². The van der Waals surface area contributed by atoms with E-state index in [9.17, 15) is 9.90 Å². The molecule has 2 aromatic carbocycles. The number of para-hydroxylation sites is 1. The minimum Gasteiger partial charge on any atom is -0.488 e. The van der Waals surface area contributed by atoms with Crippen LogP contribution in [0.3, 0.4) is 0 Å². The second-order valence-electron chi connectivity index (χ2n) is 7.67. The number of aliphatic hydroxyl groups is 1. The zero-order valence-electron chi connectivity index (χ0n) is 17.1. The summed E-state index contributed by atoms with van der Waals surface area (Å²) in [6, 6.07) is 19.0. The van der Waals surface area contributed by atoms with E-state index in [0.717, 1.165) is 27.7 Å². The Morgan fingerprint density at radius 2 is 1.80 bits per heavy atom. The molecular formula is C24H26N2O3S. The molecule has 156 valence electrons. The van der Waals surface area contributed by atoms with E-state index in [-0.39, 0.29) is 5.91 Å². The normalized spacial score (nSPS) is 19.3. The number of carbonyl (C=O) groups is 1. The standard InChI is InChI=1S/C24H26N2O3S/c1-18-21(17-29-20-11-6-3-7-12-20)30-23(25-18)24(28)13-8-15-26(16-14-24)22(27)19-9-4-2-5-10-19/h2-7,9-12,28H,8,13-17H2,1H3/t24-/m0/s1. The second-order valence-corrected chi connectivity index (χ2v) is 8.76. The molecule has 1 saturated heterocycles. The van der Waals surface area contributed by atoms with Gasteiger partial charge in [-0.05, 0) is 44.0 Å². The van der Waals surface area contributed by atoms with E-state index >= 15 is 0 Å². The zero-order valence-corrected chi connectivity index (χ0v) is 17.9. The first kappa shape index (κ1) is 20.6. The van der Waals surface area contributed by atoms with E-state index in [4.69, 9.17) is 4.74 Å². The van der Waals surface area contributed by atoms with Gasteiger partial charge in [-0.2, -0.15) is 0 Å². The van der Waals surface area contributed by atoms with Crippen molar-refractivity contribution in [3.8, 4) is 5.75 Å². The van der Waals surface area contributed by atoms with E-state index in [1.807, 2.05) is 72.5 Å². The summed E-state index contributed by atoms with van der Waals surface area (Å²) in [5.74, 6) is 0.835.